The molecular weight excluding hydrogens is 576 g/mol. The van der Waals surface area contributed by atoms with Crippen LogP contribution in [-0.4, -0.2) is 6.88 Å². The number of hydrogen-bond acceptors (Lipinski definition) is 0. The first kappa shape index (κ1) is 33.4. The van der Waals surface area contributed by atoms with E-state index in [9.17, 15) is 0 Å². The molecule has 204 valence electrons. The first-order valence-corrected chi connectivity index (χ1v) is 18.1. The quantitative estimate of drug-likeness (QED) is 0.137. The van der Waals surface area contributed by atoms with Gasteiger partial charge in [-0.15, -0.1) is 81.2 Å². The van der Waals surface area contributed by atoms with Crippen molar-refractivity contribution in [3.63, 3.8) is 0 Å². The molecule has 6 aromatic rings. The van der Waals surface area contributed by atoms with Crippen LogP contribution >= 0.6 is 0 Å². The van der Waals surface area contributed by atoms with Crippen LogP contribution < -0.4 is 0 Å². The van der Waals surface area contributed by atoms with E-state index in [2.05, 4.69) is 120 Å². The first-order chi connectivity index (χ1) is 19.5. The van der Waals surface area contributed by atoms with E-state index in [4.69, 9.17) is 0 Å². The summed E-state index contributed by atoms with van der Waals surface area (Å²) in [6.45, 7) is 12.1. The number of rotatable bonds is 4. The van der Waals surface area contributed by atoms with Crippen molar-refractivity contribution in [2.24, 2.45) is 11.8 Å². The molecule has 0 N–H and O–H groups in total. The predicted molar refractivity (Wildman–Crippen MR) is 172 cm³/mol. The van der Waals surface area contributed by atoms with Gasteiger partial charge in [-0.05, 0) is 24.7 Å². The van der Waals surface area contributed by atoms with Crippen LogP contribution in [0, 0.1) is 24.0 Å². The maximum Gasteiger partial charge on any atom is -0.171 e. The van der Waals surface area contributed by atoms with Crippen molar-refractivity contribution in [2.45, 2.75) is 40.5 Å². The summed E-state index contributed by atoms with van der Waals surface area (Å²) in [5.41, 5.74) is 2.94. The molecule has 0 amide bonds. The van der Waals surface area contributed by atoms with Gasteiger partial charge in [-0.2, -0.15) is 84.9 Å². The molecule has 0 aliphatic carbocycles. The zero-order chi connectivity index (χ0) is 29.0. The Hall–Kier alpha value is -2.80. The summed E-state index contributed by atoms with van der Waals surface area (Å²) in [5, 5.41) is 5.49. The van der Waals surface area contributed by atoms with Gasteiger partial charge >= 0.3 is 30.2 Å². The van der Waals surface area contributed by atoms with Gasteiger partial charge in [-0.25, -0.2) is 0 Å². The Balaban J connectivity index is 0.000000194. The zero-order valence-electron chi connectivity index (χ0n) is 24.3. The molecule has 0 aromatic heterocycles. The molecule has 6 aromatic carbocycles. The largest absolute Gasteiger partial charge is 0.184 e. The van der Waals surface area contributed by atoms with E-state index in [1.165, 1.54) is 68.8 Å². The maximum absolute atomic E-state index is 3.06. The number of benzene rings is 4. The molecule has 0 spiro atoms. The van der Waals surface area contributed by atoms with Gasteiger partial charge in [0.25, 0.3) is 0 Å². The zero-order valence-corrected chi connectivity index (χ0v) is 27.7. The molecule has 0 unspecified atom stereocenters. The second-order valence-electron chi connectivity index (χ2n) is 10.3. The Bertz CT molecular complexity index is 1200. The van der Waals surface area contributed by atoms with E-state index in [0.717, 1.165) is 11.8 Å². The summed E-state index contributed by atoms with van der Waals surface area (Å²) in [6, 6.07) is 51.3. The molecule has 0 fully saturated rings. The molecule has 0 heterocycles. The minimum absolute atomic E-state index is 0.747. The Labute approximate surface area is 259 Å². The Morgan fingerprint density at radius 3 is 1.15 bits per heavy atom. The maximum atomic E-state index is 3.06. The molecule has 2 radical (unpaired) electrons. The van der Waals surface area contributed by atoms with Crippen molar-refractivity contribution in [1.82, 2.24) is 0 Å². The van der Waals surface area contributed by atoms with Gasteiger partial charge in [0.2, 0.25) is 0 Å². The van der Waals surface area contributed by atoms with Crippen LogP contribution in [0.3, 0.4) is 0 Å². The van der Waals surface area contributed by atoms with Crippen molar-refractivity contribution in [2.75, 3.05) is 0 Å². The molecule has 0 bridgehead atoms. The fraction of sp³-hybridized carbons (Fsp3) is 0.211. The molecule has 0 nitrogen and oxygen atoms in total. The molecule has 0 aliphatic heterocycles. The number of hydrogen-bond donors (Lipinski definition) is 0. The SMILES string of the molecule is CC(C)Cc1cc2ccccc2[cH-]1.CC(C)Cc1cc2ccccc2[cH-]1.[Si]=[Zr].[c-]1ccccc1.[c-]1ccccc1. The number of fused-ring (bicyclic) bond motifs is 2. The second-order valence-corrected chi connectivity index (χ2v) is 10.3. The minimum atomic E-state index is 0.747. The average molecular weight is 616 g/mol. The molecular formula is C38H40SiZr-4. The molecule has 6 rings (SSSR count). The first-order valence-electron chi connectivity index (χ1n) is 13.9. The van der Waals surface area contributed by atoms with Crippen LogP contribution in [-0.2, 0) is 36.2 Å². The molecule has 2 heteroatoms. The normalized spacial score (nSPS) is 9.82. The van der Waals surface area contributed by atoms with Gasteiger partial charge < -0.3 is 0 Å². The summed E-state index contributed by atoms with van der Waals surface area (Å²) in [6.07, 6.45) is 2.38. The van der Waals surface area contributed by atoms with Crippen LogP contribution in [0.15, 0.2) is 133 Å². The van der Waals surface area contributed by atoms with Gasteiger partial charge in [0.05, 0.1) is 0 Å². The van der Waals surface area contributed by atoms with Gasteiger partial charge in [-0.1, -0.05) is 39.8 Å². The Kier molecular flexibility index (Phi) is 16.8. The third-order valence-electron chi connectivity index (χ3n) is 5.86. The second kappa shape index (κ2) is 20.1. The van der Waals surface area contributed by atoms with Crippen molar-refractivity contribution in [3.8, 4) is 0 Å². The smallest absolute Gasteiger partial charge is 0.171 e. The standard InChI is InChI=1S/2C13H15.2C6H5.Si.Zr/c2*1-10(2)7-11-8-12-5-3-4-6-13(12)9-11;2*1-2-4-6-5-3-1;;/h2*3-6,8-10H,7H2,1-2H3;2*1-5H;;/q4*-1;;. The third kappa shape index (κ3) is 13.5. The van der Waals surface area contributed by atoms with Crippen molar-refractivity contribution in [3.05, 3.63) is 157 Å². The van der Waals surface area contributed by atoms with E-state index < -0.39 is 0 Å². The van der Waals surface area contributed by atoms with E-state index in [0.29, 0.717) is 0 Å². The van der Waals surface area contributed by atoms with Crippen LogP contribution in [0.1, 0.15) is 38.8 Å². The van der Waals surface area contributed by atoms with Crippen LogP contribution in [0.25, 0.3) is 21.5 Å². The van der Waals surface area contributed by atoms with Crippen molar-refractivity contribution >= 4 is 28.4 Å². The van der Waals surface area contributed by atoms with E-state index >= 15 is 0 Å². The van der Waals surface area contributed by atoms with E-state index in [1.54, 1.807) is 0 Å². The fourth-order valence-electron chi connectivity index (χ4n) is 4.29. The average Bonchev–Trinajstić information content (AvgIpc) is 3.59. The van der Waals surface area contributed by atoms with Gasteiger partial charge in [0, 0.05) is 0 Å². The fourth-order valence-corrected chi connectivity index (χ4v) is 4.29. The van der Waals surface area contributed by atoms with Gasteiger partial charge in [0.15, 0.2) is 0 Å². The topological polar surface area (TPSA) is 0 Å². The summed E-state index contributed by atoms with van der Waals surface area (Å²) >= 11 is 1.36. The van der Waals surface area contributed by atoms with Gasteiger partial charge in [-0.3, -0.25) is 0 Å². The Morgan fingerprint density at radius 1 is 0.550 bits per heavy atom. The van der Waals surface area contributed by atoms with Crippen LogP contribution in [0.5, 0.6) is 0 Å². The van der Waals surface area contributed by atoms with Crippen LogP contribution in [0.4, 0.5) is 0 Å². The molecule has 40 heavy (non-hydrogen) atoms. The van der Waals surface area contributed by atoms with Crippen molar-refractivity contribution < 1.29 is 23.3 Å². The Morgan fingerprint density at radius 2 is 0.900 bits per heavy atom. The molecule has 0 saturated heterocycles. The summed E-state index contributed by atoms with van der Waals surface area (Å²) in [7, 11) is 0. The summed E-state index contributed by atoms with van der Waals surface area (Å²) in [4.78, 5) is 0. The summed E-state index contributed by atoms with van der Waals surface area (Å²) in [5.74, 6) is 1.49. The summed E-state index contributed by atoms with van der Waals surface area (Å²) < 4.78 is 0. The monoisotopic (exact) mass is 614 g/mol. The molecule has 0 saturated carbocycles. The van der Waals surface area contributed by atoms with Gasteiger partial charge in [0.1, 0.15) is 0 Å². The minimum Gasteiger partial charge on any atom is -0.184 e. The third-order valence-corrected chi connectivity index (χ3v) is 5.86. The molecule has 0 atom stereocenters. The predicted octanol–water partition coefficient (Wildman–Crippen LogP) is 10.1. The van der Waals surface area contributed by atoms with E-state index in [-0.39, 0.29) is 0 Å². The van der Waals surface area contributed by atoms with Crippen molar-refractivity contribution in [1.29, 1.82) is 0 Å². The van der Waals surface area contributed by atoms with Crippen LogP contribution in [0.2, 0.25) is 0 Å². The van der Waals surface area contributed by atoms with E-state index in [1.807, 2.05) is 60.7 Å². The molecule has 0 aliphatic rings.